The van der Waals surface area contributed by atoms with E-state index in [1.807, 2.05) is 30.5 Å². The van der Waals surface area contributed by atoms with Gasteiger partial charge in [-0.15, -0.1) is 16.4 Å². The monoisotopic (exact) mass is 372 g/mol. The molecule has 1 aromatic carbocycles. The van der Waals surface area contributed by atoms with E-state index in [-0.39, 0.29) is 23.4 Å². The van der Waals surface area contributed by atoms with Crippen molar-refractivity contribution in [2.45, 2.75) is 18.6 Å². The number of hydrogen-bond acceptors (Lipinski definition) is 6. The van der Waals surface area contributed by atoms with Crippen molar-refractivity contribution in [1.29, 1.82) is 0 Å². The number of amides is 2. The van der Waals surface area contributed by atoms with Gasteiger partial charge in [-0.2, -0.15) is 5.10 Å². The van der Waals surface area contributed by atoms with Gasteiger partial charge in [-0.25, -0.2) is 4.90 Å². The van der Waals surface area contributed by atoms with Crippen LogP contribution in [0, 0.1) is 0 Å². The first-order chi connectivity index (χ1) is 12.1. The van der Waals surface area contributed by atoms with Crippen LogP contribution >= 0.6 is 23.1 Å². The van der Waals surface area contributed by atoms with Gasteiger partial charge in [0.15, 0.2) is 5.17 Å². The molecule has 0 radical (unpaired) electrons. The Morgan fingerprint density at radius 3 is 2.64 bits per heavy atom. The number of imide groups is 1. The Labute approximate surface area is 153 Å². The minimum atomic E-state index is -0.575. The van der Waals surface area contributed by atoms with Crippen molar-refractivity contribution in [3.63, 3.8) is 0 Å². The lowest BCUT2D eigenvalue weighted by Crippen LogP contribution is -2.31. The zero-order valence-electron chi connectivity index (χ0n) is 13.5. The minimum absolute atomic E-state index is 0.0994. The van der Waals surface area contributed by atoms with Crippen molar-refractivity contribution < 1.29 is 9.59 Å². The van der Waals surface area contributed by atoms with Gasteiger partial charge in [0.2, 0.25) is 11.8 Å². The van der Waals surface area contributed by atoms with Gasteiger partial charge in [-0.1, -0.05) is 36.0 Å². The SMILES string of the molecule is C/C(=N/N=C(/N)S[C@H]1CC(=O)N(c2ccccc2)C1=O)c1cccs1. The summed E-state index contributed by atoms with van der Waals surface area (Å²) in [6, 6.07) is 12.7. The molecular formula is C17H16N4O2S2. The number of nitrogens with two attached hydrogens (primary N) is 1. The molecule has 0 bridgehead atoms. The van der Waals surface area contributed by atoms with Crippen LogP contribution < -0.4 is 10.6 Å². The maximum absolute atomic E-state index is 12.5. The van der Waals surface area contributed by atoms with E-state index < -0.39 is 5.25 Å². The van der Waals surface area contributed by atoms with Gasteiger partial charge in [0.1, 0.15) is 5.25 Å². The van der Waals surface area contributed by atoms with E-state index in [4.69, 9.17) is 5.73 Å². The Hall–Kier alpha value is -2.45. The summed E-state index contributed by atoms with van der Waals surface area (Å²) < 4.78 is 0. The number of para-hydroxylation sites is 1. The third-order valence-corrected chi connectivity index (χ3v) is 5.51. The van der Waals surface area contributed by atoms with Crippen molar-refractivity contribution in [2.24, 2.45) is 15.9 Å². The van der Waals surface area contributed by atoms with E-state index in [0.717, 1.165) is 22.4 Å². The molecular weight excluding hydrogens is 356 g/mol. The summed E-state index contributed by atoms with van der Waals surface area (Å²) >= 11 is 2.63. The molecule has 2 heterocycles. The van der Waals surface area contributed by atoms with Gasteiger partial charge in [0.05, 0.1) is 16.3 Å². The molecule has 1 fully saturated rings. The first kappa shape index (κ1) is 17.4. The minimum Gasteiger partial charge on any atom is -0.377 e. The van der Waals surface area contributed by atoms with Gasteiger partial charge in [0.25, 0.3) is 0 Å². The molecule has 1 aliphatic heterocycles. The normalized spacial score (nSPS) is 18.9. The second-order valence-electron chi connectivity index (χ2n) is 5.31. The van der Waals surface area contributed by atoms with Crippen LogP contribution in [0.1, 0.15) is 18.2 Å². The molecule has 6 nitrogen and oxygen atoms in total. The fraction of sp³-hybridized carbons (Fsp3) is 0.176. The van der Waals surface area contributed by atoms with E-state index in [2.05, 4.69) is 10.2 Å². The number of carbonyl (C=O) groups excluding carboxylic acids is 2. The lowest BCUT2D eigenvalue weighted by atomic mass is 10.3. The fourth-order valence-electron chi connectivity index (χ4n) is 2.37. The van der Waals surface area contributed by atoms with Crippen LogP contribution in [0.15, 0.2) is 58.0 Å². The second kappa shape index (κ2) is 7.62. The van der Waals surface area contributed by atoms with Crippen molar-refractivity contribution in [1.82, 2.24) is 0 Å². The molecule has 0 aliphatic carbocycles. The molecule has 0 spiro atoms. The lowest BCUT2D eigenvalue weighted by Gasteiger charge is -2.14. The summed E-state index contributed by atoms with van der Waals surface area (Å²) in [5, 5.41) is 9.60. The topological polar surface area (TPSA) is 88.1 Å². The Bertz CT molecular complexity index is 832. The summed E-state index contributed by atoms with van der Waals surface area (Å²) in [5.74, 6) is -0.516. The number of benzene rings is 1. The summed E-state index contributed by atoms with van der Waals surface area (Å²) in [6.07, 6.45) is 0.0994. The van der Waals surface area contributed by atoms with Crippen LogP contribution in [0.4, 0.5) is 5.69 Å². The highest BCUT2D eigenvalue weighted by Gasteiger charge is 2.40. The number of carbonyl (C=O) groups is 2. The maximum Gasteiger partial charge on any atom is 0.247 e. The number of amidine groups is 1. The van der Waals surface area contributed by atoms with Gasteiger partial charge < -0.3 is 5.73 Å². The van der Waals surface area contributed by atoms with Crippen molar-refractivity contribution >= 4 is 51.5 Å². The molecule has 128 valence electrons. The third-order valence-electron chi connectivity index (χ3n) is 3.56. The van der Waals surface area contributed by atoms with Crippen LogP contribution in [0.25, 0.3) is 0 Å². The summed E-state index contributed by atoms with van der Waals surface area (Å²) in [6.45, 7) is 1.84. The standard InChI is InChI=1S/C17H16N4O2S2/c1-11(13-8-5-9-24-13)19-20-17(18)25-14-10-15(22)21(16(14)23)12-6-3-2-4-7-12/h2-9,14H,10H2,1H3,(H2,18,20)/b19-11-/t14-/m0/s1. The van der Waals surface area contributed by atoms with Gasteiger partial charge in [-0.05, 0) is 30.5 Å². The van der Waals surface area contributed by atoms with Gasteiger partial charge in [-0.3, -0.25) is 9.59 Å². The Morgan fingerprint density at radius 1 is 1.20 bits per heavy atom. The molecule has 1 atom stereocenters. The molecule has 2 N–H and O–H groups in total. The molecule has 3 rings (SSSR count). The second-order valence-corrected chi connectivity index (χ2v) is 7.49. The Kier molecular flexibility index (Phi) is 5.30. The first-order valence-electron chi connectivity index (χ1n) is 7.56. The highest BCUT2D eigenvalue weighted by molar-refractivity contribution is 8.14. The molecule has 1 aliphatic rings. The number of hydrogen-bond donors (Lipinski definition) is 1. The average Bonchev–Trinajstić information content (AvgIpc) is 3.23. The largest absolute Gasteiger partial charge is 0.377 e. The smallest absolute Gasteiger partial charge is 0.247 e. The zero-order chi connectivity index (χ0) is 17.8. The van der Waals surface area contributed by atoms with Crippen LogP contribution in [0.5, 0.6) is 0 Å². The predicted molar refractivity (Wildman–Crippen MR) is 103 cm³/mol. The summed E-state index contributed by atoms with van der Waals surface area (Å²) in [4.78, 5) is 26.9. The molecule has 2 aromatic rings. The predicted octanol–water partition coefficient (Wildman–Crippen LogP) is 2.85. The molecule has 1 aromatic heterocycles. The molecule has 0 unspecified atom stereocenters. The number of rotatable bonds is 4. The quantitative estimate of drug-likeness (QED) is 0.387. The molecule has 1 saturated heterocycles. The van der Waals surface area contributed by atoms with Crippen molar-refractivity contribution in [3.05, 3.63) is 52.7 Å². The summed E-state index contributed by atoms with van der Waals surface area (Å²) in [5.41, 5.74) is 7.19. The molecule has 2 amide bonds. The van der Waals surface area contributed by atoms with E-state index in [9.17, 15) is 9.59 Å². The number of thioether (sulfide) groups is 1. The highest BCUT2D eigenvalue weighted by atomic mass is 32.2. The maximum atomic E-state index is 12.5. The highest BCUT2D eigenvalue weighted by Crippen LogP contribution is 2.29. The van der Waals surface area contributed by atoms with Crippen LogP contribution in [-0.4, -0.2) is 27.9 Å². The van der Waals surface area contributed by atoms with Gasteiger partial charge >= 0.3 is 0 Å². The molecule has 8 heteroatoms. The van der Waals surface area contributed by atoms with Crippen LogP contribution in [0.2, 0.25) is 0 Å². The van der Waals surface area contributed by atoms with E-state index in [1.54, 1.807) is 35.6 Å². The van der Waals surface area contributed by atoms with Crippen molar-refractivity contribution in [3.8, 4) is 0 Å². The summed E-state index contributed by atoms with van der Waals surface area (Å²) in [7, 11) is 0. The van der Waals surface area contributed by atoms with Crippen molar-refractivity contribution in [2.75, 3.05) is 4.90 Å². The van der Waals surface area contributed by atoms with E-state index in [0.29, 0.717) is 5.69 Å². The van der Waals surface area contributed by atoms with Crippen LogP contribution in [-0.2, 0) is 9.59 Å². The van der Waals surface area contributed by atoms with E-state index in [1.165, 1.54) is 4.90 Å². The Morgan fingerprint density at radius 2 is 1.96 bits per heavy atom. The first-order valence-corrected chi connectivity index (χ1v) is 9.32. The van der Waals surface area contributed by atoms with Gasteiger partial charge in [0, 0.05) is 6.42 Å². The lowest BCUT2D eigenvalue weighted by molar-refractivity contribution is -0.121. The molecule has 25 heavy (non-hydrogen) atoms. The zero-order valence-corrected chi connectivity index (χ0v) is 15.1. The number of nitrogens with zero attached hydrogens (tertiary/aromatic N) is 3. The fourth-order valence-corrected chi connectivity index (χ4v) is 3.86. The number of anilines is 1. The Balaban J connectivity index is 1.69. The van der Waals surface area contributed by atoms with Crippen LogP contribution in [0.3, 0.4) is 0 Å². The number of thiophene rings is 1. The average molecular weight is 372 g/mol. The third kappa shape index (κ3) is 3.97. The molecule has 0 saturated carbocycles. The van der Waals surface area contributed by atoms with E-state index >= 15 is 0 Å².